The molecule has 1 amide bonds. The lowest BCUT2D eigenvalue weighted by atomic mass is 10.1. The second-order valence-electron chi connectivity index (χ2n) is 8.29. The van der Waals surface area contributed by atoms with Gasteiger partial charge in [-0.05, 0) is 66.2 Å². The first-order valence-electron chi connectivity index (χ1n) is 11.5. The fourth-order valence-corrected chi connectivity index (χ4v) is 5.02. The molecule has 36 heavy (non-hydrogen) atoms. The Kier molecular flexibility index (Phi) is 7.75. The summed E-state index contributed by atoms with van der Waals surface area (Å²) < 4.78 is 37.8. The van der Waals surface area contributed by atoms with Crippen molar-refractivity contribution in [1.82, 2.24) is 5.32 Å². The van der Waals surface area contributed by atoms with E-state index in [-0.39, 0.29) is 13.2 Å². The summed E-state index contributed by atoms with van der Waals surface area (Å²) in [6.45, 7) is 2.04. The van der Waals surface area contributed by atoms with E-state index in [4.69, 9.17) is 9.47 Å². The lowest BCUT2D eigenvalue weighted by Crippen LogP contribution is -2.48. The van der Waals surface area contributed by atoms with E-state index in [0.29, 0.717) is 22.9 Å². The number of nitrogens with one attached hydrogen (secondary N) is 1. The van der Waals surface area contributed by atoms with Crippen molar-refractivity contribution in [3.8, 4) is 17.2 Å². The molecular formula is C28H28N2O5S. The van der Waals surface area contributed by atoms with Crippen LogP contribution in [-0.4, -0.2) is 39.8 Å². The molecule has 7 nitrogen and oxygen atoms in total. The number of rotatable bonds is 10. The van der Waals surface area contributed by atoms with Crippen molar-refractivity contribution in [2.75, 3.05) is 23.7 Å². The van der Waals surface area contributed by atoms with Crippen LogP contribution < -0.4 is 19.1 Å². The second-order valence-corrected chi connectivity index (χ2v) is 10.2. The number of benzene rings is 4. The van der Waals surface area contributed by atoms with E-state index in [1.165, 1.54) is 0 Å². The number of sulfonamides is 1. The molecule has 186 valence electrons. The zero-order valence-corrected chi connectivity index (χ0v) is 20.9. The van der Waals surface area contributed by atoms with Crippen LogP contribution in [0, 0.1) is 0 Å². The van der Waals surface area contributed by atoms with Crippen molar-refractivity contribution in [3.05, 3.63) is 97.1 Å². The highest BCUT2D eigenvalue weighted by Crippen LogP contribution is 2.27. The van der Waals surface area contributed by atoms with Crippen molar-refractivity contribution in [1.29, 1.82) is 0 Å². The molecule has 4 rings (SSSR count). The topological polar surface area (TPSA) is 84.9 Å². The molecule has 0 radical (unpaired) electrons. The van der Waals surface area contributed by atoms with E-state index in [1.807, 2.05) is 72.8 Å². The molecule has 0 aromatic heterocycles. The first-order chi connectivity index (χ1) is 17.3. The predicted octanol–water partition coefficient (Wildman–Crippen LogP) is 4.98. The van der Waals surface area contributed by atoms with Crippen LogP contribution >= 0.6 is 0 Å². The summed E-state index contributed by atoms with van der Waals surface area (Å²) in [5.74, 6) is 1.50. The first-order valence-corrected chi connectivity index (χ1v) is 13.4. The Hall–Kier alpha value is -4.04. The summed E-state index contributed by atoms with van der Waals surface area (Å²) in [5, 5.41) is 4.95. The van der Waals surface area contributed by atoms with Crippen LogP contribution in [0.15, 0.2) is 97.1 Å². The van der Waals surface area contributed by atoms with Gasteiger partial charge >= 0.3 is 0 Å². The standard InChI is InChI=1S/C28H28N2O5S/c1-21(28(31)29-18-19-34-27-15-12-22-8-6-7-9-23(22)20-27)30(36(2,32)33)24-13-16-26(17-14-24)35-25-10-4-3-5-11-25/h3-17,20-21H,18-19H2,1-2H3,(H,29,31)/t21-/m1/s1. The average Bonchev–Trinajstić information content (AvgIpc) is 2.87. The predicted molar refractivity (Wildman–Crippen MR) is 142 cm³/mol. The van der Waals surface area contributed by atoms with Crippen LogP contribution in [0.5, 0.6) is 17.2 Å². The number of para-hydroxylation sites is 1. The van der Waals surface area contributed by atoms with Crippen LogP contribution in [-0.2, 0) is 14.8 Å². The van der Waals surface area contributed by atoms with Crippen molar-refractivity contribution < 1.29 is 22.7 Å². The molecule has 0 fully saturated rings. The van der Waals surface area contributed by atoms with Crippen molar-refractivity contribution >= 4 is 32.4 Å². The Labute approximate surface area is 211 Å². The molecule has 1 N–H and O–H groups in total. The average molecular weight is 505 g/mol. The Balaban J connectivity index is 1.35. The van der Waals surface area contributed by atoms with Crippen molar-refractivity contribution in [2.45, 2.75) is 13.0 Å². The van der Waals surface area contributed by atoms with Gasteiger partial charge in [-0.3, -0.25) is 9.10 Å². The molecule has 0 aliphatic rings. The van der Waals surface area contributed by atoms with Gasteiger partial charge in [0.25, 0.3) is 0 Å². The fraction of sp³-hybridized carbons (Fsp3) is 0.179. The van der Waals surface area contributed by atoms with Gasteiger partial charge in [0, 0.05) is 0 Å². The van der Waals surface area contributed by atoms with Gasteiger partial charge in [0.2, 0.25) is 15.9 Å². The number of nitrogens with zero attached hydrogens (tertiary/aromatic N) is 1. The van der Waals surface area contributed by atoms with E-state index in [1.54, 1.807) is 31.2 Å². The van der Waals surface area contributed by atoms with E-state index in [0.717, 1.165) is 21.3 Å². The first kappa shape index (κ1) is 25.1. The Morgan fingerprint density at radius 1 is 0.833 bits per heavy atom. The monoisotopic (exact) mass is 504 g/mol. The molecular weight excluding hydrogens is 476 g/mol. The van der Waals surface area contributed by atoms with Crippen LogP contribution in [0.3, 0.4) is 0 Å². The van der Waals surface area contributed by atoms with E-state index < -0.39 is 22.0 Å². The second kappa shape index (κ2) is 11.1. The molecule has 0 aliphatic carbocycles. The van der Waals surface area contributed by atoms with Crippen LogP contribution in [0.4, 0.5) is 5.69 Å². The van der Waals surface area contributed by atoms with E-state index in [9.17, 15) is 13.2 Å². The molecule has 0 saturated heterocycles. The number of hydrogen-bond donors (Lipinski definition) is 1. The quantitative estimate of drug-likeness (QED) is 0.308. The van der Waals surface area contributed by atoms with E-state index >= 15 is 0 Å². The zero-order valence-electron chi connectivity index (χ0n) is 20.1. The van der Waals surface area contributed by atoms with Crippen LogP contribution in [0.25, 0.3) is 10.8 Å². The van der Waals surface area contributed by atoms with Gasteiger partial charge < -0.3 is 14.8 Å². The minimum Gasteiger partial charge on any atom is -0.492 e. The number of hydrogen-bond acceptors (Lipinski definition) is 5. The van der Waals surface area contributed by atoms with Crippen molar-refractivity contribution in [2.24, 2.45) is 0 Å². The van der Waals surface area contributed by atoms with Gasteiger partial charge in [-0.2, -0.15) is 0 Å². The molecule has 4 aromatic carbocycles. The Morgan fingerprint density at radius 3 is 2.14 bits per heavy atom. The number of amides is 1. The molecule has 0 bridgehead atoms. The molecule has 0 saturated carbocycles. The van der Waals surface area contributed by atoms with Gasteiger partial charge in [-0.15, -0.1) is 0 Å². The third kappa shape index (κ3) is 6.34. The molecule has 0 spiro atoms. The molecule has 0 unspecified atom stereocenters. The third-order valence-corrected chi connectivity index (χ3v) is 6.79. The normalized spacial score (nSPS) is 12.1. The molecule has 1 atom stereocenters. The molecule has 0 aliphatic heterocycles. The Bertz CT molecular complexity index is 1420. The van der Waals surface area contributed by atoms with Gasteiger partial charge in [0.1, 0.15) is 29.9 Å². The van der Waals surface area contributed by atoms with Crippen molar-refractivity contribution in [3.63, 3.8) is 0 Å². The van der Waals surface area contributed by atoms with Gasteiger partial charge in [-0.25, -0.2) is 8.42 Å². The Morgan fingerprint density at radius 2 is 1.44 bits per heavy atom. The molecule has 4 aromatic rings. The maximum Gasteiger partial charge on any atom is 0.243 e. The number of anilines is 1. The van der Waals surface area contributed by atoms with Gasteiger partial charge in [-0.1, -0.05) is 48.5 Å². The summed E-state index contributed by atoms with van der Waals surface area (Å²) in [6.07, 6.45) is 1.08. The number of fused-ring (bicyclic) bond motifs is 1. The number of carbonyl (C=O) groups excluding carboxylic acids is 1. The minimum atomic E-state index is -3.73. The summed E-state index contributed by atoms with van der Waals surface area (Å²) in [6, 6.07) is 28.7. The van der Waals surface area contributed by atoms with E-state index in [2.05, 4.69) is 5.32 Å². The fourth-order valence-electron chi connectivity index (χ4n) is 3.84. The number of ether oxygens (including phenoxy) is 2. The summed E-state index contributed by atoms with van der Waals surface area (Å²) in [4.78, 5) is 12.8. The summed E-state index contributed by atoms with van der Waals surface area (Å²) >= 11 is 0. The van der Waals surface area contributed by atoms with Crippen LogP contribution in [0.1, 0.15) is 6.92 Å². The summed E-state index contributed by atoms with van der Waals surface area (Å²) in [7, 11) is -3.73. The largest absolute Gasteiger partial charge is 0.492 e. The minimum absolute atomic E-state index is 0.234. The third-order valence-electron chi connectivity index (χ3n) is 5.55. The molecule has 0 heterocycles. The lowest BCUT2D eigenvalue weighted by molar-refractivity contribution is -0.121. The van der Waals surface area contributed by atoms with Crippen LogP contribution in [0.2, 0.25) is 0 Å². The maximum atomic E-state index is 12.8. The highest BCUT2D eigenvalue weighted by atomic mass is 32.2. The van der Waals surface area contributed by atoms with Gasteiger partial charge in [0.05, 0.1) is 18.5 Å². The SMILES string of the molecule is C[C@H](C(=O)NCCOc1ccc2ccccc2c1)N(c1ccc(Oc2ccccc2)cc1)S(C)(=O)=O. The van der Waals surface area contributed by atoms with Gasteiger partial charge in [0.15, 0.2) is 0 Å². The number of carbonyl (C=O) groups is 1. The highest BCUT2D eigenvalue weighted by Gasteiger charge is 2.29. The summed E-state index contributed by atoms with van der Waals surface area (Å²) in [5.41, 5.74) is 0.368. The maximum absolute atomic E-state index is 12.8. The molecule has 8 heteroatoms. The zero-order chi connectivity index (χ0) is 25.5. The smallest absolute Gasteiger partial charge is 0.243 e. The lowest BCUT2D eigenvalue weighted by Gasteiger charge is -2.28. The highest BCUT2D eigenvalue weighted by molar-refractivity contribution is 7.92.